The summed E-state index contributed by atoms with van der Waals surface area (Å²) in [5, 5.41) is 0. The van der Waals surface area contributed by atoms with Gasteiger partial charge in [-0.25, -0.2) is 4.39 Å². The lowest BCUT2D eigenvalue weighted by atomic mass is 10.0. The smallest absolute Gasteiger partial charge is 0.149 e. The molecule has 0 aromatic heterocycles. The molecule has 0 amide bonds. The lowest BCUT2D eigenvalue weighted by Gasteiger charge is -2.11. The van der Waals surface area contributed by atoms with Crippen molar-refractivity contribution in [1.82, 2.24) is 0 Å². The van der Waals surface area contributed by atoms with Crippen LogP contribution in [0.1, 0.15) is 0 Å². The quantitative estimate of drug-likeness (QED) is 0.784. The van der Waals surface area contributed by atoms with Gasteiger partial charge in [0.25, 0.3) is 0 Å². The van der Waals surface area contributed by atoms with E-state index in [-0.39, 0.29) is 5.82 Å². The molecule has 0 spiro atoms. The molecule has 0 saturated carbocycles. The normalized spacial score (nSPS) is 10.1. The van der Waals surface area contributed by atoms with Crippen LogP contribution < -0.4 is 10.5 Å². The second-order valence-corrected chi connectivity index (χ2v) is 3.44. The van der Waals surface area contributed by atoms with Crippen LogP contribution in [0, 0.1) is 5.82 Å². The highest BCUT2D eigenvalue weighted by Gasteiger charge is 2.10. The molecule has 0 atom stereocenters. The van der Waals surface area contributed by atoms with Crippen molar-refractivity contribution in [3.63, 3.8) is 0 Å². The van der Waals surface area contributed by atoms with E-state index in [0.717, 1.165) is 5.56 Å². The monoisotopic (exact) mass is 217 g/mol. The number of methoxy groups -OCH3 is 1. The highest BCUT2D eigenvalue weighted by Crippen LogP contribution is 2.35. The molecule has 16 heavy (non-hydrogen) atoms. The minimum atomic E-state index is -0.364. The average Bonchev–Trinajstić information content (AvgIpc) is 2.29. The number of nitrogen functional groups attached to an aromatic ring is 1. The van der Waals surface area contributed by atoms with E-state index in [1.54, 1.807) is 0 Å². The number of anilines is 1. The number of benzene rings is 2. The number of nitrogens with two attached hydrogens (primary N) is 1. The molecule has 0 heterocycles. The van der Waals surface area contributed by atoms with Crippen molar-refractivity contribution in [2.45, 2.75) is 0 Å². The van der Waals surface area contributed by atoms with Crippen LogP contribution >= 0.6 is 0 Å². The Morgan fingerprint density at radius 1 is 1.12 bits per heavy atom. The van der Waals surface area contributed by atoms with Crippen molar-refractivity contribution in [3.8, 4) is 16.9 Å². The molecule has 0 radical (unpaired) electrons. The Hall–Kier alpha value is -2.03. The molecule has 0 saturated heterocycles. The van der Waals surface area contributed by atoms with Gasteiger partial charge in [-0.05, 0) is 11.6 Å². The first-order valence-electron chi connectivity index (χ1n) is 4.91. The van der Waals surface area contributed by atoms with Gasteiger partial charge in [0.15, 0.2) is 0 Å². The summed E-state index contributed by atoms with van der Waals surface area (Å²) < 4.78 is 18.5. The van der Waals surface area contributed by atoms with Crippen LogP contribution in [0.15, 0.2) is 42.5 Å². The molecule has 0 aliphatic carbocycles. The zero-order chi connectivity index (χ0) is 11.5. The first kappa shape index (κ1) is 10.5. The van der Waals surface area contributed by atoms with Crippen molar-refractivity contribution >= 4 is 5.69 Å². The lowest BCUT2D eigenvalue weighted by molar-refractivity contribution is 0.417. The minimum absolute atomic E-state index is 0.307. The van der Waals surface area contributed by atoms with Crippen molar-refractivity contribution < 1.29 is 9.13 Å². The fraction of sp³-hybridized carbons (Fsp3) is 0.0769. The van der Waals surface area contributed by atoms with Gasteiger partial charge in [-0.2, -0.15) is 0 Å². The number of halogens is 1. The van der Waals surface area contributed by atoms with Crippen molar-refractivity contribution in [3.05, 3.63) is 48.3 Å². The van der Waals surface area contributed by atoms with Crippen molar-refractivity contribution in [1.29, 1.82) is 0 Å². The lowest BCUT2D eigenvalue weighted by Crippen LogP contribution is -1.96. The number of rotatable bonds is 2. The highest BCUT2D eigenvalue weighted by molar-refractivity contribution is 5.77. The van der Waals surface area contributed by atoms with Crippen LogP contribution in [0.25, 0.3) is 11.1 Å². The molecular weight excluding hydrogens is 205 g/mol. The van der Waals surface area contributed by atoms with E-state index in [1.165, 1.54) is 19.2 Å². The van der Waals surface area contributed by atoms with E-state index >= 15 is 0 Å². The van der Waals surface area contributed by atoms with Gasteiger partial charge in [-0.15, -0.1) is 0 Å². The number of hydrogen-bond acceptors (Lipinski definition) is 2. The van der Waals surface area contributed by atoms with Gasteiger partial charge in [-0.3, -0.25) is 0 Å². The highest BCUT2D eigenvalue weighted by atomic mass is 19.1. The Morgan fingerprint density at radius 3 is 2.44 bits per heavy atom. The second-order valence-electron chi connectivity index (χ2n) is 3.44. The Labute approximate surface area is 93.5 Å². The molecule has 0 unspecified atom stereocenters. The molecule has 3 heteroatoms. The average molecular weight is 217 g/mol. The molecule has 2 N–H and O–H groups in total. The molecular formula is C13H12FNO. The summed E-state index contributed by atoms with van der Waals surface area (Å²) in [6.07, 6.45) is 0. The summed E-state index contributed by atoms with van der Waals surface area (Å²) in [6.45, 7) is 0. The molecule has 0 aliphatic rings. The van der Waals surface area contributed by atoms with E-state index in [2.05, 4.69) is 0 Å². The molecule has 2 rings (SSSR count). The Morgan fingerprint density at radius 2 is 1.81 bits per heavy atom. The fourth-order valence-electron chi connectivity index (χ4n) is 1.67. The molecule has 0 fully saturated rings. The summed E-state index contributed by atoms with van der Waals surface area (Å²) >= 11 is 0. The van der Waals surface area contributed by atoms with E-state index in [9.17, 15) is 4.39 Å². The second kappa shape index (κ2) is 4.23. The maximum absolute atomic E-state index is 13.3. The Bertz CT molecular complexity index is 497. The number of hydrogen-bond donors (Lipinski definition) is 1. The molecule has 2 aromatic rings. The first-order valence-corrected chi connectivity index (χ1v) is 4.91. The molecule has 0 bridgehead atoms. The molecule has 82 valence electrons. The van der Waals surface area contributed by atoms with Crippen LogP contribution in [0.2, 0.25) is 0 Å². The van der Waals surface area contributed by atoms with Gasteiger partial charge in [0.1, 0.15) is 11.6 Å². The predicted molar refractivity (Wildman–Crippen MR) is 62.8 cm³/mol. The van der Waals surface area contributed by atoms with Gasteiger partial charge >= 0.3 is 0 Å². The molecule has 2 nitrogen and oxygen atoms in total. The summed E-state index contributed by atoms with van der Waals surface area (Å²) in [6, 6.07) is 12.1. The van der Waals surface area contributed by atoms with Crippen LogP contribution in [0.5, 0.6) is 5.75 Å². The summed E-state index contributed by atoms with van der Waals surface area (Å²) in [5.41, 5.74) is 7.56. The third-order valence-electron chi connectivity index (χ3n) is 2.37. The summed E-state index contributed by atoms with van der Waals surface area (Å²) in [4.78, 5) is 0. The van der Waals surface area contributed by atoms with Gasteiger partial charge in [0, 0.05) is 11.6 Å². The standard InChI is InChI=1S/C13H12FNO/c1-16-13-11(7-10(14)8-12(13)15)9-5-3-2-4-6-9/h2-8H,15H2,1H3. The van der Waals surface area contributed by atoms with E-state index < -0.39 is 0 Å². The molecule has 0 aliphatic heterocycles. The maximum atomic E-state index is 13.3. The van der Waals surface area contributed by atoms with Crippen LogP contribution in [-0.2, 0) is 0 Å². The third-order valence-corrected chi connectivity index (χ3v) is 2.37. The van der Waals surface area contributed by atoms with E-state index in [4.69, 9.17) is 10.5 Å². The van der Waals surface area contributed by atoms with Crippen LogP contribution in [-0.4, -0.2) is 7.11 Å². The van der Waals surface area contributed by atoms with Gasteiger partial charge in [0.05, 0.1) is 12.8 Å². The number of ether oxygens (including phenoxy) is 1. The van der Waals surface area contributed by atoms with E-state index in [0.29, 0.717) is 17.0 Å². The molecule has 2 aromatic carbocycles. The van der Waals surface area contributed by atoms with Gasteiger partial charge in [-0.1, -0.05) is 30.3 Å². The SMILES string of the molecule is COc1c(N)cc(F)cc1-c1ccccc1. The minimum Gasteiger partial charge on any atom is -0.494 e. The third kappa shape index (κ3) is 1.84. The maximum Gasteiger partial charge on any atom is 0.149 e. The fourth-order valence-corrected chi connectivity index (χ4v) is 1.67. The van der Waals surface area contributed by atoms with Crippen LogP contribution in [0.4, 0.5) is 10.1 Å². The largest absolute Gasteiger partial charge is 0.494 e. The summed E-state index contributed by atoms with van der Waals surface area (Å²) in [7, 11) is 1.52. The predicted octanol–water partition coefficient (Wildman–Crippen LogP) is 3.08. The topological polar surface area (TPSA) is 35.2 Å². The van der Waals surface area contributed by atoms with Crippen molar-refractivity contribution in [2.75, 3.05) is 12.8 Å². The zero-order valence-electron chi connectivity index (χ0n) is 8.91. The zero-order valence-corrected chi connectivity index (χ0v) is 8.91. The van der Waals surface area contributed by atoms with E-state index in [1.807, 2.05) is 30.3 Å². The van der Waals surface area contributed by atoms with Crippen LogP contribution in [0.3, 0.4) is 0 Å². The van der Waals surface area contributed by atoms with Crippen molar-refractivity contribution in [2.24, 2.45) is 0 Å². The first-order chi connectivity index (χ1) is 7.72. The summed E-state index contributed by atoms with van der Waals surface area (Å²) in [5.74, 6) is 0.143. The van der Waals surface area contributed by atoms with Gasteiger partial charge < -0.3 is 10.5 Å². The Balaban J connectivity index is 2.64. The van der Waals surface area contributed by atoms with Gasteiger partial charge in [0.2, 0.25) is 0 Å². The Kier molecular flexibility index (Phi) is 2.77.